The number of nitrogens with zero attached hydrogens (tertiary/aromatic N) is 3. The summed E-state index contributed by atoms with van der Waals surface area (Å²) >= 11 is 0. The van der Waals surface area contributed by atoms with Crippen molar-refractivity contribution in [3.8, 4) is 11.5 Å². The van der Waals surface area contributed by atoms with Crippen molar-refractivity contribution < 1.29 is 27.6 Å². The lowest BCUT2D eigenvalue weighted by atomic mass is 10.3. The molecule has 1 heterocycles. The monoisotopic (exact) mass is 452 g/mol. The van der Waals surface area contributed by atoms with E-state index in [0.29, 0.717) is 0 Å². The lowest BCUT2D eigenvalue weighted by Gasteiger charge is -2.21. The standard InChI is InChI=1S/C19H24N4O7S/c1-4-22(5-2)31(27,28)17-12-14(9-10-15(17)29-6-3)21-18(24)13-30-16-8-7-11-20-19(16)23(25)26/h7-12H,4-6,13H2,1-3H3,(H,21,24). The number of benzene rings is 1. The number of nitrogens with one attached hydrogen (secondary N) is 1. The number of carbonyl (C=O) groups excluding carboxylic acids is 1. The van der Waals surface area contributed by atoms with Gasteiger partial charge in [-0.15, -0.1) is 0 Å². The molecule has 2 rings (SSSR count). The Balaban J connectivity index is 2.22. The molecule has 0 atom stereocenters. The molecule has 0 aliphatic rings. The molecule has 0 aliphatic carbocycles. The fourth-order valence-corrected chi connectivity index (χ4v) is 4.35. The van der Waals surface area contributed by atoms with E-state index in [1.54, 1.807) is 20.8 Å². The average Bonchev–Trinajstić information content (AvgIpc) is 2.74. The van der Waals surface area contributed by atoms with Crippen LogP contribution in [-0.2, 0) is 14.8 Å². The minimum absolute atomic E-state index is 0.0698. The van der Waals surface area contributed by atoms with E-state index in [2.05, 4.69) is 10.3 Å². The highest BCUT2D eigenvalue weighted by Crippen LogP contribution is 2.30. The van der Waals surface area contributed by atoms with Crippen LogP contribution < -0.4 is 14.8 Å². The van der Waals surface area contributed by atoms with Gasteiger partial charge in [0, 0.05) is 18.8 Å². The largest absolute Gasteiger partial charge is 0.492 e. The summed E-state index contributed by atoms with van der Waals surface area (Å²) in [6.45, 7) is 5.47. The molecule has 1 aromatic carbocycles. The third kappa shape index (κ3) is 5.89. The molecule has 0 spiro atoms. The number of amides is 1. The van der Waals surface area contributed by atoms with Crippen molar-refractivity contribution in [1.29, 1.82) is 0 Å². The van der Waals surface area contributed by atoms with Crippen LogP contribution in [0.1, 0.15) is 20.8 Å². The SMILES string of the molecule is CCOc1ccc(NC(=O)COc2cccnc2[N+](=O)[O-])cc1S(=O)(=O)N(CC)CC. The van der Waals surface area contributed by atoms with Crippen LogP contribution in [0, 0.1) is 10.1 Å². The Morgan fingerprint density at radius 2 is 1.87 bits per heavy atom. The first kappa shape index (κ1) is 24.0. The van der Waals surface area contributed by atoms with Gasteiger partial charge in [-0.3, -0.25) is 4.79 Å². The van der Waals surface area contributed by atoms with Gasteiger partial charge in [0.05, 0.1) is 6.61 Å². The number of anilines is 1. The van der Waals surface area contributed by atoms with Crippen LogP contribution in [0.5, 0.6) is 11.5 Å². The summed E-state index contributed by atoms with van der Waals surface area (Å²) < 4.78 is 37.9. The van der Waals surface area contributed by atoms with Crippen LogP contribution in [0.15, 0.2) is 41.4 Å². The molecule has 0 saturated heterocycles. The number of nitro groups is 1. The number of hydrogen-bond donors (Lipinski definition) is 1. The van der Waals surface area contributed by atoms with Crippen molar-refractivity contribution in [3.63, 3.8) is 0 Å². The zero-order chi connectivity index (χ0) is 23.0. The van der Waals surface area contributed by atoms with E-state index in [1.165, 1.54) is 40.8 Å². The van der Waals surface area contributed by atoms with E-state index in [0.717, 1.165) is 0 Å². The predicted octanol–water partition coefficient (Wildman–Crippen LogP) is 2.44. The zero-order valence-electron chi connectivity index (χ0n) is 17.4. The van der Waals surface area contributed by atoms with Crippen molar-refractivity contribution in [2.24, 2.45) is 0 Å². The van der Waals surface area contributed by atoms with E-state index in [1.807, 2.05) is 0 Å². The number of sulfonamides is 1. The third-order valence-electron chi connectivity index (χ3n) is 4.13. The van der Waals surface area contributed by atoms with Crippen LogP contribution in [0.4, 0.5) is 11.5 Å². The molecule has 0 unspecified atom stereocenters. The normalized spacial score (nSPS) is 11.2. The van der Waals surface area contributed by atoms with Gasteiger partial charge in [0.25, 0.3) is 5.91 Å². The molecule has 11 nitrogen and oxygen atoms in total. The maximum atomic E-state index is 13.0. The van der Waals surface area contributed by atoms with Crippen LogP contribution in [0.25, 0.3) is 0 Å². The highest BCUT2D eigenvalue weighted by atomic mass is 32.2. The van der Waals surface area contributed by atoms with Crippen LogP contribution in [0.2, 0.25) is 0 Å². The average molecular weight is 452 g/mol. The molecular formula is C19H24N4O7S. The first-order valence-electron chi connectivity index (χ1n) is 9.53. The number of hydrogen-bond acceptors (Lipinski definition) is 8. The molecule has 1 aromatic heterocycles. The van der Waals surface area contributed by atoms with Gasteiger partial charge in [0.1, 0.15) is 16.8 Å². The summed E-state index contributed by atoms with van der Waals surface area (Å²) in [6.07, 6.45) is 1.24. The van der Waals surface area contributed by atoms with Gasteiger partial charge >= 0.3 is 5.82 Å². The van der Waals surface area contributed by atoms with Gasteiger partial charge in [-0.25, -0.2) is 8.42 Å². The first-order valence-corrected chi connectivity index (χ1v) is 11.0. The van der Waals surface area contributed by atoms with Gasteiger partial charge in [-0.1, -0.05) is 13.8 Å². The Hall–Kier alpha value is -3.25. The second-order valence-corrected chi connectivity index (χ2v) is 8.01. The van der Waals surface area contributed by atoms with Gasteiger partial charge in [-0.05, 0) is 47.2 Å². The van der Waals surface area contributed by atoms with Crippen molar-refractivity contribution in [2.45, 2.75) is 25.7 Å². The van der Waals surface area contributed by atoms with E-state index in [9.17, 15) is 23.3 Å². The number of aromatic nitrogens is 1. The van der Waals surface area contributed by atoms with Gasteiger partial charge < -0.3 is 24.9 Å². The van der Waals surface area contributed by atoms with E-state index in [4.69, 9.17) is 9.47 Å². The quantitative estimate of drug-likeness (QED) is 0.405. The third-order valence-corrected chi connectivity index (χ3v) is 6.20. The zero-order valence-corrected chi connectivity index (χ0v) is 18.2. The van der Waals surface area contributed by atoms with Gasteiger partial charge in [0.15, 0.2) is 6.61 Å². The molecule has 31 heavy (non-hydrogen) atoms. The van der Waals surface area contributed by atoms with Crippen LogP contribution >= 0.6 is 0 Å². The number of pyridine rings is 1. The molecule has 0 saturated carbocycles. The Kier molecular flexibility index (Phi) is 8.28. The lowest BCUT2D eigenvalue weighted by molar-refractivity contribution is -0.390. The summed E-state index contributed by atoms with van der Waals surface area (Å²) in [4.78, 5) is 26.0. The predicted molar refractivity (Wildman–Crippen MR) is 113 cm³/mol. The van der Waals surface area contributed by atoms with Crippen LogP contribution in [-0.4, -0.2) is 54.8 Å². The smallest absolute Gasteiger partial charge is 0.406 e. The number of ether oxygens (including phenoxy) is 2. The van der Waals surface area contributed by atoms with Crippen molar-refractivity contribution >= 4 is 27.4 Å². The van der Waals surface area contributed by atoms with E-state index >= 15 is 0 Å². The second kappa shape index (κ2) is 10.7. The van der Waals surface area contributed by atoms with Crippen LogP contribution in [0.3, 0.4) is 0 Å². The summed E-state index contributed by atoms with van der Waals surface area (Å²) in [6, 6.07) is 7.03. The van der Waals surface area contributed by atoms with Crippen molar-refractivity contribution in [2.75, 3.05) is 31.6 Å². The summed E-state index contributed by atoms with van der Waals surface area (Å²) in [7, 11) is -3.84. The minimum atomic E-state index is -3.84. The molecule has 168 valence electrons. The minimum Gasteiger partial charge on any atom is -0.492 e. The van der Waals surface area contributed by atoms with Gasteiger partial charge in [-0.2, -0.15) is 4.31 Å². The fraction of sp³-hybridized carbons (Fsp3) is 0.368. The summed E-state index contributed by atoms with van der Waals surface area (Å²) in [5, 5.41) is 13.5. The Labute approximate surface area is 180 Å². The van der Waals surface area contributed by atoms with E-state index < -0.39 is 33.3 Å². The molecule has 12 heteroatoms. The van der Waals surface area contributed by atoms with Gasteiger partial charge in [0.2, 0.25) is 15.8 Å². The Morgan fingerprint density at radius 3 is 2.48 bits per heavy atom. The molecule has 1 amide bonds. The Morgan fingerprint density at radius 1 is 1.16 bits per heavy atom. The molecule has 0 radical (unpaired) electrons. The van der Waals surface area contributed by atoms with Crippen molar-refractivity contribution in [1.82, 2.24) is 9.29 Å². The highest BCUT2D eigenvalue weighted by molar-refractivity contribution is 7.89. The molecule has 1 N–H and O–H groups in total. The fourth-order valence-electron chi connectivity index (χ4n) is 2.74. The lowest BCUT2D eigenvalue weighted by Crippen LogP contribution is -2.31. The molecule has 2 aromatic rings. The topological polar surface area (TPSA) is 141 Å². The molecular weight excluding hydrogens is 428 g/mol. The Bertz CT molecular complexity index is 1040. The maximum absolute atomic E-state index is 13.0. The molecule has 0 aliphatic heterocycles. The highest BCUT2D eigenvalue weighted by Gasteiger charge is 2.26. The van der Waals surface area contributed by atoms with Crippen molar-refractivity contribution in [3.05, 3.63) is 46.6 Å². The first-order chi connectivity index (χ1) is 14.7. The molecule has 0 fully saturated rings. The molecule has 0 bridgehead atoms. The number of rotatable bonds is 11. The second-order valence-electron chi connectivity index (χ2n) is 6.10. The summed E-state index contributed by atoms with van der Waals surface area (Å²) in [5.74, 6) is -1.12. The maximum Gasteiger partial charge on any atom is 0.406 e. The number of carbonyl (C=O) groups is 1. The summed E-state index contributed by atoms with van der Waals surface area (Å²) in [5.41, 5.74) is 0.212. The van der Waals surface area contributed by atoms with E-state index in [-0.39, 0.29) is 41.8 Å².